The molecular formula is C101H177N5O6. The molecule has 0 bridgehead atoms. The number of nitrogens with zero attached hydrogens (tertiary/aromatic N) is 3. The van der Waals surface area contributed by atoms with Gasteiger partial charge in [0.15, 0.2) is 28.8 Å². The minimum absolute atomic E-state index is 0.405. The molecule has 3 aromatic carbocycles. The maximum Gasteiger partial charge on any atom is 0.232 e. The Balaban J connectivity index is 1.73. The van der Waals surface area contributed by atoms with Crippen LogP contribution in [0, 0.1) is 0 Å². The van der Waals surface area contributed by atoms with Crippen LogP contribution in [0.3, 0.4) is 0 Å². The van der Waals surface area contributed by atoms with Crippen molar-refractivity contribution in [2.24, 2.45) is 0 Å². The summed E-state index contributed by atoms with van der Waals surface area (Å²) < 4.78 is 41.6. The number of aromatic nitrogens is 3. The lowest BCUT2D eigenvalue weighted by Gasteiger charge is -2.20. The van der Waals surface area contributed by atoms with Crippen molar-refractivity contribution in [2.45, 2.75) is 479 Å². The monoisotopic (exact) mass is 1560 g/mol. The van der Waals surface area contributed by atoms with Crippen LogP contribution in [0.2, 0.25) is 0 Å². The number of ether oxygens (including phenoxy) is 6. The number of rotatable bonds is 84. The molecule has 0 fully saturated rings. The van der Waals surface area contributed by atoms with Gasteiger partial charge in [0.05, 0.1) is 39.6 Å². The van der Waals surface area contributed by atoms with Crippen LogP contribution in [0.1, 0.15) is 478 Å². The average Bonchev–Trinajstić information content (AvgIpc) is 0.806. The number of aryl methyl sites for hydroxylation is 1. The van der Waals surface area contributed by atoms with Gasteiger partial charge in [-0.25, -0.2) is 0 Å². The van der Waals surface area contributed by atoms with Gasteiger partial charge in [-0.05, 0) is 50.5 Å². The molecular weight excluding hydrogens is 1380 g/mol. The number of unbranched alkanes of at least 4 members (excludes halogenated alkanes) is 60. The molecule has 2 N–H and O–H groups in total. The maximum atomic E-state index is 6.93. The molecule has 642 valence electrons. The van der Waals surface area contributed by atoms with Gasteiger partial charge in [0, 0.05) is 41.2 Å². The topological polar surface area (TPSA) is 118 Å². The van der Waals surface area contributed by atoms with Crippen molar-refractivity contribution in [2.75, 3.05) is 50.3 Å². The minimum Gasteiger partial charge on any atom is -0.489 e. The number of benzene rings is 3. The molecule has 0 aliphatic rings. The van der Waals surface area contributed by atoms with E-state index in [1.807, 2.05) is 0 Å². The van der Waals surface area contributed by atoms with Gasteiger partial charge in [0.25, 0.3) is 0 Å². The summed E-state index contributed by atoms with van der Waals surface area (Å²) in [5.74, 6) is 5.56. The van der Waals surface area contributed by atoms with E-state index in [0.717, 1.165) is 100 Å². The molecule has 0 aliphatic carbocycles. The van der Waals surface area contributed by atoms with Crippen molar-refractivity contribution < 1.29 is 28.4 Å². The smallest absolute Gasteiger partial charge is 0.232 e. The normalized spacial score (nSPS) is 11.5. The third-order valence-corrected chi connectivity index (χ3v) is 22.8. The number of hydrogen-bond acceptors (Lipinski definition) is 11. The zero-order valence-electron chi connectivity index (χ0n) is 74.5. The van der Waals surface area contributed by atoms with Crippen LogP contribution in [0.5, 0.6) is 34.5 Å². The van der Waals surface area contributed by atoms with Gasteiger partial charge < -0.3 is 39.1 Å². The second kappa shape index (κ2) is 73.7. The van der Waals surface area contributed by atoms with Gasteiger partial charge >= 0.3 is 0 Å². The highest BCUT2D eigenvalue weighted by atomic mass is 16.5. The molecule has 11 heteroatoms. The number of anilines is 4. The van der Waals surface area contributed by atoms with Crippen LogP contribution >= 0.6 is 0 Å². The van der Waals surface area contributed by atoms with Gasteiger partial charge in [0.2, 0.25) is 23.4 Å². The zero-order valence-corrected chi connectivity index (χ0v) is 74.5. The van der Waals surface area contributed by atoms with Gasteiger partial charge in [0.1, 0.15) is 0 Å². The Kier molecular flexibility index (Phi) is 65.4. The fourth-order valence-corrected chi connectivity index (χ4v) is 15.5. The van der Waals surface area contributed by atoms with E-state index in [1.165, 1.54) is 352 Å². The Bertz CT molecular complexity index is 2470. The summed E-state index contributed by atoms with van der Waals surface area (Å²) in [5, 5.41) is 7.42. The van der Waals surface area contributed by atoms with E-state index >= 15 is 0 Å². The van der Waals surface area contributed by atoms with Crippen molar-refractivity contribution in [1.82, 2.24) is 15.0 Å². The SMILES string of the molecule is CCCCCCCCCCCCCOc1cc(Nc2nc(Nc3cc(OCCCCCCCCCCCCC)c(OCCCCCCCCCCCCC)c(OCCCCCCCCCCCCC)c3)nc(-c3ccc(CC)cc3)n2)cc(OCCCCCCCCCCCCC)c1OCCCCCCCCCCCCC. The zero-order chi connectivity index (χ0) is 79.6. The van der Waals surface area contributed by atoms with Crippen LogP contribution < -0.4 is 39.1 Å². The summed E-state index contributed by atoms with van der Waals surface area (Å²) in [6.07, 6.45) is 85.6. The largest absolute Gasteiger partial charge is 0.489 e. The van der Waals surface area contributed by atoms with E-state index in [0.29, 0.717) is 91.9 Å². The first-order valence-electron chi connectivity index (χ1n) is 49.0. The average molecular weight is 1560 g/mol. The molecule has 4 rings (SSSR count). The van der Waals surface area contributed by atoms with Crippen LogP contribution in [-0.2, 0) is 6.42 Å². The molecule has 4 aromatic rings. The van der Waals surface area contributed by atoms with Gasteiger partial charge in [-0.1, -0.05) is 458 Å². The second-order valence-corrected chi connectivity index (χ2v) is 33.5. The van der Waals surface area contributed by atoms with Crippen LogP contribution in [0.25, 0.3) is 11.4 Å². The number of hydrogen-bond donors (Lipinski definition) is 2. The molecule has 0 spiro atoms. The molecule has 11 nitrogen and oxygen atoms in total. The summed E-state index contributed by atoms with van der Waals surface area (Å²) in [7, 11) is 0. The fraction of sp³-hybridized carbons (Fsp3) is 0.792. The Morgan fingerprint density at radius 2 is 0.402 bits per heavy atom. The van der Waals surface area contributed by atoms with Crippen molar-refractivity contribution in [3.63, 3.8) is 0 Å². The third-order valence-electron chi connectivity index (χ3n) is 22.8. The highest BCUT2D eigenvalue weighted by Crippen LogP contribution is 2.44. The highest BCUT2D eigenvalue weighted by Gasteiger charge is 2.21. The van der Waals surface area contributed by atoms with Gasteiger partial charge in [-0.15, -0.1) is 0 Å². The molecule has 0 amide bonds. The first-order valence-corrected chi connectivity index (χ1v) is 49.0. The quantitative estimate of drug-likeness (QED) is 0.0412. The first-order chi connectivity index (χ1) is 55.5. The Hall–Kier alpha value is -4.93. The van der Waals surface area contributed by atoms with Crippen LogP contribution in [0.15, 0.2) is 48.5 Å². The van der Waals surface area contributed by atoms with Crippen LogP contribution in [-0.4, -0.2) is 54.6 Å². The van der Waals surface area contributed by atoms with E-state index < -0.39 is 0 Å². The predicted octanol–water partition coefficient (Wildman–Crippen LogP) is 33.7. The van der Waals surface area contributed by atoms with Crippen LogP contribution in [0.4, 0.5) is 23.3 Å². The fourth-order valence-electron chi connectivity index (χ4n) is 15.5. The molecule has 0 atom stereocenters. The van der Waals surface area contributed by atoms with E-state index in [9.17, 15) is 0 Å². The summed E-state index contributed by atoms with van der Waals surface area (Å²) in [5.41, 5.74) is 3.70. The van der Waals surface area contributed by atoms with Crippen molar-refractivity contribution in [3.8, 4) is 45.9 Å². The summed E-state index contributed by atoms with van der Waals surface area (Å²) in [4.78, 5) is 15.7. The lowest BCUT2D eigenvalue weighted by molar-refractivity contribution is 0.234. The van der Waals surface area contributed by atoms with E-state index in [1.54, 1.807) is 0 Å². The second-order valence-electron chi connectivity index (χ2n) is 33.5. The lowest BCUT2D eigenvalue weighted by Crippen LogP contribution is -2.09. The lowest BCUT2D eigenvalue weighted by atomic mass is 10.1. The molecule has 112 heavy (non-hydrogen) atoms. The molecule has 0 saturated heterocycles. The minimum atomic E-state index is 0.405. The van der Waals surface area contributed by atoms with Crippen molar-refractivity contribution >= 4 is 23.3 Å². The first kappa shape index (κ1) is 99.4. The summed E-state index contributed by atoms with van der Waals surface area (Å²) in [6.45, 7) is 19.6. The van der Waals surface area contributed by atoms with E-state index in [-0.39, 0.29) is 0 Å². The van der Waals surface area contributed by atoms with Gasteiger partial charge in [-0.3, -0.25) is 0 Å². The maximum absolute atomic E-state index is 6.93. The Labute approximate surface area is 691 Å². The van der Waals surface area contributed by atoms with Crippen molar-refractivity contribution in [3.05, 3.63) is 54.1 Å². The molecule has 0 aliphatic heterocycles. The molecule has 0 radical (unpaired) electrons. The van der Waals surface area contributed by atoms with E-state index in [4.69, 9.17) is 43.4 Å². The standard InChI is InChI=1S/C101H177N5O6/c1-8-15-21-27-33-39-45-51-57-63-69-79-107-93-85-91(86-94(108-80-70-64-58-52-46-40-34-28-22-16-9-2)97(93)111-83-73-67-61-55-49-43-37-31-25-19-12-5)102-100-104-99(90-77-75-89(14-7)76-78-90)105-101(106-100)103-92-87-95(109-81-71-65-59-53-47-41-35-29-23-17-10-3)98(112-84-74-68-62-56-50-44-38-32-26-20-13-6)96(88-92)110-82-72-66-60-54-48-42-36-30-24-18-11-4/h75-78,85-88H,8-74,79-84H2,1-7H3,(H2,102,103,104,105,106). The highest BCUT2D eigenvalue weighted by molar-refractivity contribution is 5.70. The third kappa shape index (κ3) is 52.6. The molecule has 1 aromatic heterocycles. The summed E-state index contributed by atoms with van der Waals surface area (Å²) >= 11 is 0. The van der Waals surface area contributed by atoms with Crippen molar-refractivity contribution in [1.29, 1.82) is 0 Å². The number of nitrogens with one attached hydrogen (secondary N) is 2. The molecule has 0 unspecified atom stereocenters. The molecule has 1 heterocycles. The Morgan fingerprint density at radius 3 is 0.598 bits per heavy atom. The van der Waals surface area contributed by atoms with E-state index in [2.05, 4.69) is 108 Å². The van der Waals surface area contributed by atoms with Gasteiger partial charge in [-0.2, -0.15) is 15.0 Å². The Morgan fingerprint density at radius 1 is 0.214 bits per heavy atom. The summed E-state index contributed by atoms with van der Waals surface area (Å²) in [6, 6.07) is 17.0. The molecule has 0 saturated carbocycles. The predicted molar refractivity (Wildman–Crippen MR) is 486 cm³/mol.